The summed E-state index contributed by atoms with van der Waals surface area (Å²) in [5, 5.41) is 0. The largest absolute Gasteiger partial charge is 0.303 e. The predicted molar refractivity (Wildman–Crippen MR) is 51.3 cm³/mol. The van der Waals surface area contributed by atoms with Gasteiger partial charge in [0.25, 0.3) is 0 Å². The summed E-state index contributed by atoms with van der Waals surface area (Å²) >= 11 is 1.92. The third kappa shape index (κ3) is 5.17. The zero-order chi connectivity index (χ0) is 8.85. The van der Waals surface area contributed by atoms with Gasteiger partial charge < -0.3 is 4.79 Å². The molecule has 0 rings (SSSR count). The number of aldehydes is 1. The van der Waals surface area contributed by atoms with Crippen molar-refractivity contribution >= 4 is 35.1 Å². The van der Waals surface area contributed by atoms with Gasteiger partial charge in [-0.2, -0.15) is 0 Å². The molecule has 0 radical (unpaired) electrons. The summed E-state index contributed by atoms with van der Waals surface area (Å²) in [5.41, 5.74) is 0. The van der Waals surface area contributed by atoms with Crippen LogP contribution in [0.25, 0.3) is 0 Å². The van der Waals surface area contributed by atoms with Gasteiger partial charge in [0.1, 0.15) is 6.29 Å². The van der Waals surface area contributed by atoms with Crippen molar-refractivity contribution in [1.29, 1.82) is 0 Å². The van der Waals surface area contributed by atoms with Crippen molar-refractivity contribution in [1.82, 2.24) is 3.11 Å². The van der Waals surface area contributed by atoms with E-state index in [1.165, 1.54) is 3.11 Å². The lowest BCUT2D eigenvalue weighted by Crippen LogP contribution is -2.16. The van der Waals surface area contributed by atoms with E-state index in [2.05, 4.69) is 0 Å². The van der Waals surface area contributed by atoms with E-state index in [1.807, 2.05) is 29.8 Å². The third-order valence-electron chi connectivity index (χ3n) is 1.39. The SMILES string of the molecule is C[C@H](C=O)CCC(=O)N(C)I. The van der Waals surface area contributed by atoms with Gasteiger partial charge in [0.05, 0.1) is 22.9 Å². The first kappa shape index (κ1) is 10.9. The topological polar surface area (TPSA) is 37.4 Å². The quantitative estimate of drug-likeness (QED) is 0.439. The smallest absolute Gasteiger partial charge is 0.230 e. The predicted octanol–water partition coefficient (Wildman–Crippen LogP) is 1.41. The summed E-state index contributed by atoms with van der Waals surface area (Å²) < 4.78 is 1.51. The molecular formula is C7H12INO2. The van der Waals surface area contributed by atoms with Gasteiger partial charge in [-0.3, -0.25) is 7.91 Å². The molecule has 4 heteroatoms. The molecule has 1 amide bonds. The highest BCUT2D eigenvalue weighted by molar-refractivity contribution is 14.1. The molecule has 0 fully saturated rings. The minimum atomic E-state index is -0.00435. The van der Waals surface area contributed by atoms with Gasteiger partial charge in [-0.1, -0.05) is 6.92 Å². The first-order chi connectivity index (χ1) is 5.07. The molecule has 0 bridgehead atoms. The van der Waals surface area contributed by atoms with Crippen LogP contribution in [0.5, 0.6) is 0 Å². The lowest BCUT2D eigenvalue weighted by molar-refractivity contribution is -0.124. The molecule has 0 spiro atoms. The van der Waals surface area contributed by atoms with Gasteiger partial charge in [-0.25, -0.2) is 0 Å². The van der Waals surface area contributed by atoms with E-state index in [0.29, 0.717) is 12.8 Å². The van der Waals surface area contributed by atoms with Crippen molar-refractivity contribution in [3.05, 3.63) is 0 Å². The molecule has 0 saturated heterocycles. The monoisotopic (exact) mass is 269 g/mol. The molecule has 0 aliphatic rings. The van der Waals surface area contributed by atoms with Crippen LogP contribution < -0.4 is 0 Å². The van der Waals surface area contributed by atoms with Gasteiger partial charge in [-0.05, 0) is 6.42 Å². The minimum Gasteiger partial charge on any atom is -0.303 e. The molecule has 1 atom stereocenters. The van der Waals surface area contributed by atoms with Crippen molar-refractivity contribution in [3.8, 4) is 0 Å². The van der Waals surface area contributed by atoms with Gasteiger partial charge in [0, 0.05) is 19.4 Å². The minimum absolute atomic E-state index is 0.00435. The number of halogens is 1. The summed E-state index contributed by atoms with van der Waals surface area (Å²) in [7, 11) is 1.70. The summed E-state index contributed by atoms with van der Waals surface area (Å²) in [6, 6.07) is 0. The van der Waals surface area contributed by atoms with E-state index >= 15 is 0 Å². The normalized spacial score (nSPS) is 12.3. The number of rotatable bonds is 4. The summed E-state index contributed by atoms with van der Waals surface area (Å²) in [4.78, 5) is 21.1. The second-order valence-corrected chi connectivity index (χ2v) is 3.97. The fourth-order valence-corrected chi connectivity index (χ4v) is 0.814. The van der Waals surface area contributed by atoms with Crippen LogP contribution in [0.15, 0.2) is 0 Å². The highest BCUT2D eigenvalue weighted by atomic mass is 127. The van der Waals surface area contributed by atoms with Crippen molar-refractivity contribution in [3.63, 3.8) is 0 Å². The molecule has 0 N–H and O–H groups in total. The van der Waals surface area contributed by atoms with E-state index in [1.54, 1.807) is 7.05 Å². The Morgan fingerprint density at radius 1 is 1.73 bits per heavy atom. The van der Waals surface area contributed by atoms with Crippen LogP contribution in [0.2, 0.25) is 0 Å². The zero-order valence-corrected chi connectivity index (χ0v) is 8.87. The first-order valence-corrected chi connectivity index (χ1v) is 4.42. The van der Waals surface area contributed by atoms with E-state index in [0.717, 1.165) is 6.29 Å². The van der Waals surface area contributed by atoms with Gasteiger partial charge in [0.15, 0.2) is 0 Å². The van der Waals surface area contributed by atoms with Crippen molar-refractivity contribution in [2.45, 2.75) is 19.8 Å². The van der Waals surface area contributed by atoms with Crippen LogP contribution in [0.1, 0.15) is 19.8 Å². The van der Waals surface area contributed by atoms with Crippen LogP contribution >= 0.6 is 22.9 Å². The lowest BCUT2D eigenvalue weighted by atomic mass is 10.1. The number of carbonyl (C=O) groups excluding carboxylic acids is 2. The zero-order valence-electron chi connectivity index (χ0n) is 6.71. The van der Waals surface area contributed by atoms with E-state index in [4.69, 9.17) is 0 Å². The maximum atomic E-state index is 11.0. The number of hydrogen-bond donors (Lipinski definition) is 0. The number of hydrogen-bond acceptors (Lipinski definition) is 2. The van der Waals surface area contributed by atoms with Crippen molar-refractivity contribution in [2.75, 3.05) is 7.05 Å². The standard InChI is InChI=1S/C7H12INO2/c1-6(5-10)3-4-7(11)9(2)8/h5-6H,3-4H2,1-2H3/t6-/m0/s1. The molecule has 0 aliphatic carbocycles. The van der Waals surface area contributed by atoms with Crippen LogP contribution in [0.3, 0.4) is 0 Å². The number of carbonyl (C=O) groups is 2. The number of amides is 1. The Morgan fingerprint density at radius 3 is 2.64 bits per heavy atom. The second kappa shape index (κ2) is 5.51. The average Bonchev–Trinajstić information content (AvgIpc) is 1.99. The summed E-state index contributed by atoms with van der Waals surface area (Å²) in [5.74, 6) is 0.0644. The molecule has 0 aromatic rings. The molecule has 0 unspecified atom stereocenters. The van der Waals surface area contributed by atoms with E-state index in [-0.39, 0.29) is 11.8 Å². The summed E-state index contributed by atoms with van der Waals surface area (Å²) in [6.07, 6.45) is 1.98. The van der Waals surface area contributed by atoms with E-state index < -0.39 is 0 Å². The fraction of sp³-hybridized carbons (Fsp3) is 0.714. The second-order valence-electron chi connectivity index (χ2n) is 2.52. The molecule has 0 heterocycles. The molecule has 64 valence electrons. The van der Waals surface area contributed by atoms with E-state index in [9.17, 15) is 9.59 Å². The molecular weight excluding hydrogens is 257 g/mol. The molecule has 3 nitrogen and oxygen atoms in total. The Hall–Kier alpha value is -0.130. The Kier molecular flexibility index (Phi) is 5.45. The highest BCUT2D eigenvalue weighted by Gasteiger charge is 2.07. The maximum Gasteiger partial charge on any atom is 0.230 e. The molecule has 11 heavy (non-hydrogen) atoms. The summed E-state index contributed by atoms with van der Waals surface area (Å²) in [6.45, 7) is 1.81. The Morgan fingerprint density at radius 2 is 2.27 bits per heavy atom. The molecule has 0 saturated carbocycles. The Balaban J connectivity index is 3.54. The van der Waals surface area contributed by atoms with Gasteiger partial charge in [-0.15, -0.1) is 0 Å². The van der Waals surface area contributed by atoms with Gasteiger partial charge in [0.2, 0.25) is 5.91 Å². The number of nitrogens with zero attached hydrogens (tertiary/aromatic N) is 1. The van der Waals surface area contributed by atoms with Crippen LogP contribution in [-0.2, 0) is 9.59 Å². The van der Waals surface area contributed by atoms with Gasteiger partial charge >= 0.3 is 0 Å². The van der Waals surface area contributed by atoms with Crippen molar-refractivity contribution < 1.29 is 9.59 Å². The van der Waals surface area contributed by atoms with Crippen LogP contribution in [-0.4, -0.2) is 22.4 Å². The average molecular weight is 269 g/mol. The fourth-order valence-electron chi connectivity index (χ4n) is 0.573. The van der Waals surface area contributed by atoms with Crippen LogP contribution in [0.4, 0.5) is 0 Å². The Labute approximate surface area is 80.6 Å². The molecule has 0 aromatic carbocycles. The highest BCUT2D eigenvalue weighted by Crippen LogP contribution is 2.06. The first-order valence-electron chi connectivity index (χ1n) is 3.45. The van der Waals surface area contributed by atoms with Crippen LogP contribution in [0, 0.1) is 5.92 Å². The molecule has 0 aromatic heterocycles. The maximum absolute atomic E-state index is 11.0. The van der Waals surface area contributed by atoms with Crippen molar-refractivity contribution in [2.24, 2.45) is 5.92 Å². The lowest BCUT2D eigenvalue weighted by Gasteiger charge is -2.07. The third-order valence-corrected chi connectivity index (χ3v) is 1.93. The molecule has 0 aliphatic heterocycles. The Bertz CT molecular complexity index is 147.